The van der Waals surface area contributed by atoms with E-state index in [1.807, 2.05) is 18.2 Å². The van der Waals surface area contributed by atoms with E-state index < -0.39 is 0 Å². The molecule has 3 rings (SSSR count). The zero-order valence-corrected chi connectivity index (χ0v) is 18.1. The maximum absolute atomic E-state index is 12.7. The maximum Gasteiger partial charge on any atom is 0.255 e. The van der Waals surface area contributed by atoms with Gasteiger partial charge in [-0.15, -0.1) is 0 Å². The topological polar surface area (TPSA) is 80.3 Å². The van der Waals surface area contributed by atoms with Crippen LogP contribution in [-0.4, -0.2) is 63.0 Å². The number of hydrogen-bond donors (Lipinski definition) is 2. The molecule has 0 spiro atoms. The third-order valence-electron chi connectivity index (χ3n) is 4.94. The first-order chi connectivity index (χ1) is 14.0. The number of halogens is 1. The minimum atomic E-state index is -0.331. The summed E-state index contributed by atoms with van der Waals surface area (Å²) in [7, 11) is 3.20. The van der Waals surface area contributed by atoms with Crippen molar-refractivity contribution in [3.63, 3.8) is 0 Å². The predicted octanol–water partition coefficient (Wildman–Crippen LogP) is 2.98. The smallest absolute Gasteiger partial charge is 0.255 e. The summed E-state index contributed by atoms with van der Waals surface area (Å²) in [5.74, 6) is 0.904. The first-order valence-corrected chi connectivity index (χ1v) is 10.1. The fourth-order valence-electron chi connectivity index (χ4n) is 3.38. The highest BCUT2D eigenvalue weighted by Gasteiger charge is 2.25. The molecule has 1 atom stereocenters. The molecular weight excluding hydrogens is 440 g/mol. The minimum Gasteiger partial charge on any atom is -0.507 e. The molecule has 2 aromatic rings. The Morgan fingerprint density at radius 2 is 1.90 bits per heavy atom. The average Bonchev–Trinajstić information content (AvgIpc) is 2.76. The monoisotopic (exact) mass is 464 g/mol. The lowest BCUT2D eigenvalue weighted by Crippen LogP contribution is -2.43. The number of ether oxygens (including phenoxy) is 3. The van der Waals surface area contributed by atoms with E-state index in [0.717, 1.165) is 23.1 Å². The predicted molar refractivity (Wildman–Crippen MR) is 113 cm³/mol. The molecule has 2 N–H and O–H groups in total. The van der Waals surface area contributed by atoms with E-state index in [1.54, 1.807) is 26.4 Å². The molecule has 1 saturated heterocycles. The number of nitrogens with one attached hydrogen (secondary N) is 1. The highest BCUT2D eigenvalue weighted by atomic mass is 79.9. The van der Waals surface area contributed by atoms with Gasteiger partial charge in [0.05, 0.1) is 39.0 Å². The Labute approximate surface area is 178 Å². The van der Waals surface area contributed by atoms with Crippen LogP contribution in [0.3, 0.4) is 0 Å². The van der Waals surface area contributed by atoms with Gasteiger partial charge in [0.2, 0.25) is 0 Å². The Morgan fingerprint density at radius 1 is 1.17 bits per heavy atom. The number of rotatable bonds is 7. The molecule has 0 saturated carbocycles. The summed E-state index contributed by atoms with van der Waals surface area (Å²) in [4.78, 5) is 14.9. The molecule has 29 heavy (non-hydrogen) atoms. The lowest BCUT2D eigenvalue weighted by molar-refractivity contribution is 0.0162. The highest BCUT2D eigenvalue weighted by molar-refractivity contribution is 9.10. The minimum absolute atomic E-state index is 0.0558. The molecule has 1 unspecified atom stereocenters. The van der Waals surface area contributed by atoms with Gasteiger partial charge < -0.3 is 24.6 Å². The molecule has 1 aliphatic heterocycles. The lowest BCUT2D eigenvalue weighted by Gasteiger charge is -2.35. The molecule has 8 heteroatoms. The summed E-state index contributed by atoms with van der Waals surface area (Å²) < 4.78 is 17.0. The van der Waals surface area contributed by atoms with E-state index in [1.165, 1.54) is 6.07 Å². The van der Waals surface area contributed by atoms with Gasteiger partial charge in [0.15, 0.2) is 11.5 Å². The third kappa shape index (κ3) is 5.20. The number of carbonyl (C=O) groups excluding carboxylic acids is 1. The van der Waals surface area contributed by atoms with Gasteiger partial charge in [-0.05, 0) is 35.9 Å². The highest BCUT2D eigenvalue weighted by Crippen LogP contribution is 2.32. The number of carbonyl (C=O) groups is 1. The van der Waals surface area contributed by atoms with Crippen molar-refractivity contribution in [2.24, 2.45) is 0 Å². The number of nitrogens with zero attached hydrogens (tertiary/aromatic N) is 1. The van der Waals surface area contributed by atoms with Crippen LogP contribution in [0.1, 0.15) is 22.0 Å². The Balaban J connectivity index is 1.82. The van der Waals surface area contributed by atoms with Gasteiger partial charge in [0.25, 0.3) is 5.91 Å². The van der Waals surface area contributed by atoms with Crippen LogP contribution in [0.2, 0.25) is 0 Å². The molecule has 1 fully saturated rings. The first kappa shape index (κ1) is 21.4. The van der Waals surface area contributed by atoms with Gasteiger partial charge in [-0.3, -0.25) is 9.69 Å². The van der Waals surface area contributed by atoms with Crippen LogP contribution in [0.25, 0.3) is 0 Å². The van der Waals surface area contributed by atoms with Crippen LogP contribution in [0.4, 0.5) is 0 Å². The zero-order valence-electron chi connectivity index (χ0n) is 16.5. The van der Waals surface area contributed by atoms with Crippen LogP contribution in [0.5, 0.6) is 17.2 Å². The largest absolute Gasteiger partial charge is 0.507 e. The van der Waals surface area contributed by atoms with Gasteiger partial charge in [0, 0.05) is 24.1 Å². The number of phenolic OH excluding ortho intramolecular Hbond substituents is 1. The molecule has 0 aliphatic carbocycles. The van der Waals surface area contributed by atoms with Gasteiger partial charge in [0.1, 0.15) is 5.75 Å². The number of phenols is 1. The van der Waals surface area contributed by atoms with Crippen molar-refractivity contribution in [3.8, 4) is 17.2 Å². The Kier molecular flexibility index (Phi) is 7.35. The molecule has 0 radical (unpaired) electrons. The SMILES string of the molecule is COc1ccc(C(CNC(=O)c2cc(Br)ccc2O)N2CCOCC2)cc1OC. The van der Waals surface area contributed by atoms with Crippen LogP contribution in [0, 0.1) is 0 Å². The molecule has 156 valence electrons. The zero-order chi connectivity index (χ0) is 20.8. The first-order valence-electron chi connectivity index (χ1n) is 9.34. The number of hydrogen-bond acceptors (Lipinski definition) is 6. The molecule has 0 aromatic heterocycles. The molecule has 1 aliphatic rings. The van der Waals surface area contributed by atoms with E-state index in [-0.39, 0.29) is 23.3 Å². The number of methoxy groups -OCH3 is 2. The quantitative estimate of drug-likeness (QED) is 0.655. The van der Waals surface area contributed by atoms with Crippen molar-refractivity contribution >= 4 is 21.8 Å². The second-order valence-corrected chi connectivity index (χ2v) is 7.57. The van der Waals surface area contributed by atoms with E-state index in [2.05, 4.69) is 26.1 Å². The molecule has 1 amide bonds. The molecule has 0 bridgehead atoms. The molecule has 7 nitrogen and oxygen atoms in total. The van der Waals surface area contributed by atoms with Gasteiger partial charge in [-0.1, -0.05) is 22.0 Å². The summed E-state index contributed by atoms with van der Waals surface area (Å²) in [6, 6.07) is 10.5. The standard InChI is InChI=1S/C21H25BrN2O5/c1-27-19-6-3-14(11-20(19)28-2)17(24-7-9-29-10-8-24)13-23-21(26)16-12-15(22)4-5-18(16)25/h3-6,11-12,17,25H,7-10,13H2,1-2H3,(H,23,26). The van der Waals surface area contributed by atoms with Crippen LogP contribution >= 0.6 is 15.9 Å². The van der Waals surface area contributed by atoms with Crippen LogP contribution in [0.15, 0.2) is 40.9 Å². The van der Waals surface area contributed by atoms with Crippen molar-refractivity contribution in [1.29, 1.82) is 0 Å². The van der Waals surface area contributed by atoms with Crippen molar-refractivity contribution < 1.29 is 24.1 Å². The summed E-state index contributed by atoms with van der Waals surface area (Å²) in [6.07, 6.45) is 0. The number of morpholine rings is 1. The molecule has 1 heterocycles. The normalized spacial score (nSPS) is 15.6. The van der Waals surface area contributed by atoms with Crippen LogP contribution < -0.4 is 14.8 Å². The summed E-state index contributed by atoms with van der Waals surface area (Å²) >= 11 is 3.33. The number of aromatic hydroxyl groups is 1. The third-order valence-corrected chi connectivity index (χ3v) is 5.43. The van der Waals surface area contributed by atoms with Gasteiger partial charge in [-0.2, -0.15) is 0 Å². The fraction of sp³-hybridized carbons (Fsp3) is 0.381. The van der Waals surface area contributed by atoms with E-state index >= 15 is 0 Å². The van der Waals surface area contributed by atoms with E-state index in [9.17, 15) is 9.90 Å². The fourth-order valence-corrected chi connectivity index (χ4v) is 3.74. The lowest BCUT2D eigenvalue weighted by atomic mass is 10.0. The van der Waals surface area contributed by atoms with Crippen molar-refractivity contribution in [2.45, 2.75) is 6.04 Å². The summed E-state index contributed by atoms with van der Waals surface area (Å²) in [6.45, 7) is 3.18. The van der Waals surface area contributed by atoms with Gasteiger partial charge in [-0.25, -0.2) is 0 Å². The second-order valence-electron chi connectivity index (χ2n) is 6.65. The second kappa shape index (κ2) is 9.96. The molecule has 2 aromatic carbocycles. The van der Waals surface area contributed by atoms with Crippen molar-refractivity contribution in [1.82, 2.24) is 10.2 Å². The van der Waals surface area contributed by atoms with Gasteiger partial charge >= 0.3 is 0 Å². The van der Waals surface area contributed by atoms with Crippen molar-refractivity contribution in [2.75, 3.05) is 47.1 Å². The van der Waals surface area contributed by atoms with E-state index in [0.29, 0.717) is 31.3 Å². The number of amides is 1. The number of benzene rings is 2. The van der Waals surface area contributed by atoms with E-state index in [4.69, 9.17) is 14.2 Å². The summed E-state index contributed by atoms with van der Waals surface area (Å²) in [5.41, 5.74) is 1.23. The Hall–Kier alpha value is -2.29. The average molecular weight is 465 g/mol. The Bertz CT molecular complexity index is 855. The maximum atomic E-state index is 12.7. The van der Waals surface area contributed by atoms with Crippen LogP contribution in [-0.2, 0) is 4.74 Å². The van der Waals surface area contributed by atoms with Crippen molar-refractivity contribution in [3.05, 3.63) is 52.0 Å². The molecular formula is C21H25BrN2O5. The Morgan fingerprint density at radius 3 is 2.59 bits per heavy atom. The summed E-state index contributed by atoms with van der Waals surface area (Å²) in [5, 5.41) is 13.0.